The fraction of sp³-hybridized carbons (Fsp3) is 0.462. The molecule has 0 radical (unpaired) electrons. The molecule has 3 N–H and O–H groups in total. The van der Waals surface area contributed by atoms with Crippen LogP contribution in [0.2, 0.25) is 0 Å². The van der Waals surface area contributed by atoms with Crippen molar-refractivity contribution < 1.29 is 9.90 Å². The van der Waals surface area contributed by atoms with Crippen LogP contribution in [0.15, 0.2) is 18.2 Å². The summed E-state index contributed by atoms with van der Waals surface area (Å²) in [5.41, 5.74) is 1.50. The minimum absolute atomic E-state index is 0.0177. The van der Waals surface area contributed by atoms with Crippen LogP contribution in [-0.2, 0) is 10.2 Å². The lowest BCUT2D eigenvalue weighted by Crippen LogP contribution is -2.25. The van der Waals surface area contributed by atoms with Crippen LogP contribution < -0.4 is 10.6 Å². The van der Waals surface area contributed by atoms with E-state index in [-0.39, 0.29) is 23.6 Å². The lowest BCUT2D eigenvalue weighted by molar-refractivity contribution is -0.115. The van der Waals surface area contributed by atoms with Crippen LogP contribution in [0.1, 0.15) is 26.3 Å². The van der Waals surface area contributed by atoms with Crippen molar-refractivity contribution in [3.63, 3.8) is 0 Å². The third-order valence-corrected chi connectivity index (χ3v) is 2.47. The molecular weight excluding hydrogens is 216 g/mol. The number of benzene rings is 1. The average molecular weight is 236 g/mol. The predicted molar refractivity (Wildman–Crippen MR) is 69.4 cm³/mol. The molecule has 4 nitrogen and oxygen atoms in total. The van der Waals surface area contributed by atoms with Crippen molar-refractivity contribution in [1.29, 1.82) is 0 Å². The van der Waals surface area contributed by atoms with Gasteiger partial charge in [0.05, 0.1) is 12.2 Å². The van der Waals surface area contributed by atoms with Crippen molar-refractivity contribution in [2.24, 2.45) is 0 Å². The molecule has 17 heavy (non-hydrogen) atoms. The van der Waals surface area contributed by atoms with E-state index in [0.29, 0.717) is 5.69 Å². The van der Waals surface area contributed by atoms with Crippen LogP contribution in [-0.4, -0.2) is 24.6 Å². The van der Waals surface area contributed by atoms with E-state index in [1.165, 1.54) is 0 Å². The number of likely N-dealkylation sites (N-methyl/N-ethyl adjacent to an activating group) is 1. The second-order valence-corrected chi connectivity index (χ2v) is 5.06. The Hall–Kier alpha value is -1.55. The van der Waals surface area contributed by atoms with E-state index in [9.17, 15) is 9.90 Å². The van der Waals surface area contributed by atoms with E-state index in [4.69, 9.17) is 0 Å². The average Bonchev–Trinajstić information content (AvgIpc) is 2.20. The molecule has 0 aliphatic carbocycles. The molecule has 0 aromatic heterocycles. The minimum atomic E-state index is -0.172. The highest BCUT2D eigenvalue weighted by molar-refractivity contribution is 5.93. The number of hydrogen-bond acceptors (Lipinski definition) is 3. The second kappa shape index (κ2) is 5.19. The molecule has 0 atom stereocenters. The number of phenols is 1. The van der Waals surface area contributed by atoms with Crippen LogP contribution >= 0.6 is 0 Å². The quantitative estimate of drug-likeness (QED) is 0.702. The molecule has 1 aromatic rings. The first-order valence-corrected chi connectivity index (χ1v) is 5.62. The van der Waals surface area contributed by atoms with Crippen molar-refractivity contribution in [3.8, 4) is 5.75 Å². The Bertz CT molecular complexity index is 408. The molecule has 4 heteroatoms. The molecule has 0 aliphatic rings. The highest BCUT2D eigenvalue weighted by atomic mass is 16.3. The van der Waals surface area contributed by atoms with Gasteiger partial charge in [-0.25, -0.2) is 0 Å². The standard InChI is InChI=1S/C13H20N2O2/c1-13(2,3)9-5-6-11(16)10(7-9)15-12(17)8-14-4/h5-7,14,16H,8H2,1-4H3,(H,15,17). The van der Waals surface area contributed by atoms with E-state index in [0.717, 1.165) is 5.56 Å². The molecule has 0 aliphatic heterocycles. The summed E-state index contributed by atoms with van der Waals surface area (Å²) >= 11 is 0. The van der Waals surface area contributed by atoms with Crippen LogP contribution in [0, 0.1) is 0 Å². The van der Waals surface area contributed by atoms with Gasteiger partial charge in [0.25, 0.3) is 0 Å². The Balaban J connectivity index is 2.95. The number of rotatable bonds is 3. The Morgan fingerprint density at radius 3 is 2.53 bits per heavy atom. The van der Waals surface area contributed by atoms with Crippen molar-refractivity contribution in [2.45, 2.75) is 26.2 Å². The second-order valence-electron chi connectivity index (χ2n) is 5.06. The Morgan fingerprint density at radius 1 is 1.35 bits per heavy atom. The summed E-state index contributed by atoms with van der Waals surface area (Å²) in [4.78, 5) is 11.4. The first kappa shape index (κ1) is 13.5. The van der Waals surface area contributed by atoms with Gasteiger partial charge in [0.2, 0.25) is 5.91 Å². The highest BCUT2D eigenvalue weighted by Crippen LogP contribution is 2.30. The van der Waals surface area contributed by atoms with Gasteiger partial charge in [-0.3, -0.25) is 4.79 Å². The van der Waals surface area contributed by atoms with E-state index in [2.05, 4.69) is 31.4 Å². The van der Waals surface area contributed by atoms with E-state index in [1.54, 1.807) is 13.1 Å². The minimum Gasteiger partial charge on any atom is -0.506 e. The Labute approximate surface area is 102 Å². The molecule has 0 unspecified atom stereocenters. The summed E-state index contributed by atoms with van der Waals surface area (Å²) in [6.45, 7) is 6.47. The fourth-order valence-electron chi connectivity index (χ4n) is 1.46. The SMILES string of the molecule is CNCC(=O)Nc1cc(C(C)(C)C)ccc1O. The lowest BCUT2D eigenvalue weighted by atomic mass is 9.87. The third-order valence-electron chi connectivity index (χ3n) is 2.47. The molecule has 0 fully saturated rings. The van der Waals surface area contributed by atoms with Crippen LogP contribution in [0.4, 0.5) is 5.69 Å². The molecule has 1 aromatic carbocycles. The number of nitrogens with one attached hydrogen (secondary N) is 2. The van der Waals surface area contributed by atoms with Crippen molar-refractivity contribution >= 4 is 11.6 Å². The van der Waals surface area contributed by atoms with Gasteiger partial charge in [0.1, 0.15) is 5.75 Å². The van der Waals surface area contributed by atoms with Gasteiger partial charge in [0.15, 0.2) is 0 Å². The van der Waals surface area contributed by atoms with Gasteiger partial charge >= 0.3 is 0 Å². The van der Waals surface area contributed by atoms with Gasteiger partial charge < -0.3 is 15.7 Å². The summed E-state index contributed by atoms with van der Waals surface area (Å²) in [6.07, 6.45) is 0. The fourth-order valence-corrected chi connectivity index (χ4v) is 1.46. The monoisotopic (exact) mass is 236 g/mol. The van der Waals surface area contributed by atoms with Gasteiger partial charge in [-0.2, -0.15) is 0 Å². The Kier molecular flexibility index (Phi) is 4.12. The largest absolute Gasteiger partial charge is 0.506 e. The molecule has 0 saturated carbocycles. The number of hydrogen-bond donors (Lipinski definition) is 3. The summed E-state index contributed by atoms with van der Waals surface area (Å²) in [5.74, 6) is -0.0867. The maximum atomic E-state index is 11.4. The third kappa shape index (κ3) is 3.75. The van der Waals surface area contributed by atoms with Crippen LogP contribution in [0.3, 0.4) is 0 Å². The molecule has 0 heterocycles. The van der Waals surface area contributed by atoms with Crippen LogP contribution in [0.5, 0.6) is 5.75 Å². The number of carbonyl (C=O) groups excluding carboxylic acids is 1. The van der Waals surface area contributed by atoms with Crippen molar-refractivity contribution in [1.82, 2.24) is 5.32 Å². The molecule has 94 valence electrons. The molecule has 0 saturated heterocycles. The zero-order chi connectivity index (χ0) is 13.1. The zero-order valence-electron chi connectivity index (χ0n) is 10.8. The summed E-state index contributed by atoms with van der Waals surface area (Å²) in [6, 6.07) is 5.28. The van der Waals surface area contributed by atoms with Crippen LogP contribution in [0.25, 0.3) is 0 Å². The zero-order valence-corrected chi connectivity index (χ0v) is 10.8. The van der Waals surface area contributed by atoms with E-state index in [1.807, 2.05) is 12.1 Å². The number of phenolic OH excluding ortho intramolecular Hbond substituents is 1. The molecular formula is C13H20N2O2. The first-order valence-electron chi connectivity index (χ1n) is 5.62. The molecule has 0 spiro atoms. The Morgan fingerprint density at radius 2 is 2.00 bits per heavy atom. The van der Waals surface area contributed by atoms with Gasteiger partial charge in [-0.05, 0) is 30.2 Å². The van der Waals surface area contributed by atoms with Crippen molar-refractivity contribution in [3.05, 3.63) is 23.8 Å². The maximum Gasteiger partial charge on any atom is 0.238 e. The van der Waals surface area contributed by atoms with Gasteiger partial charge in [0, 0.05) is 0 Å². The smallest absolute Gasteiger partial charge is 0.238 e. The van der Waals surface area contributed by atoms with E-state index >= 15 is 0 Å². The van der Waals surface area contributed by atoms with E-state index < -0.39 is 0 Å². The first-order chi connectivity index (χ1) is 7.84. The summed E-state index contributed by atoms with van der Waals surface area (Å²) in [7, 11) is 1.70. The normalized spacial score (nSPS) is 11.3. The molecule has 1 amide bonds. The lowest BCUT2D eigenvalue weighted by Gasteiger charge is -2.20. The molecule has 0 bridgehead atoms. The highest BCUT2D eigenvalue weighted by Gasteiger charge is 2.16. The predicted octanol–water partition coefficient (Wildman–Crippen LogP) is 1.85. The summed E-state index contributed by atoms with van der Waals surface area (Å²) < 4.78 is 0. The van der Waals surface area contributed by atoms with Gasteiger partial charge in [-0.1, -0.05) is 26.8 Å². The molecule has 1 rings (SSSR count). The summed E-state index contributed by atoms with van der Waals surface area (Å²) in [5, 5.41) is 15.1. The number of carbonyl (C=O) groups is 1. The number of anilines is 1. The van der Waals surface area contributed by atoms with Gasteiger partial charge in [-0.15, -0.1) is 0 Å². The van der Waals surface area contributed by atoms with Crippen molar-refractivity contribution in [2.75, 3.05) is 18.9 Å². The topological polar surface area (TPSA) is 61.4 Å². The number of amides is 1. The maximum absolute atomic E-state index is 11.4. The number of aromatic hydroxyl groups is 1.